The summed E-state index contributed by atoms with van der Waals surface area (Å²) in [6.45, 7) is 3.01. The van der Waals surface area contributed by atoms with E-state index in [1.54, 1.807) is 24.3 Å². The maximum Gasteiger partial charge on any atom is 0.267 e. The van der Waals surface area contributed by atoms with Crippen molar-refractivity contribution in [2.45, 2.75) is 13.5 Å². The Morgan fingerprint density at radius 2 is 2.30 bits per heavy atom. The van der Waals surface area contributed by atoms with Crippen LogP contribution in [0.15, 0.2) is 24.2 Å². The van der Waals surface area contributed by atoms with Crippen LogP contribution in [0.4, 0.5) is 0 Å². The fraction of sp³-hybridized carbons (Fsp3) is 0.357. The van der Waals surface area contributed by atoms with Crippen molar-refractivity contribution < 1.29 is 9.59 Å². The highest BCUT2D eigenvalue weighted by Crippen LogP contribution is 2.16. The van der Waals surface area contributed by atoms with Gasteiger partial charge in [-0.3, -0.25) is 14.6 Å². The van der Waals surface area contributed by atoms with E-state index in [-0.39, 0.29) is 11.8 Å². The molecule has 2 amide bonds. The molecule has 1 aromatic rings. The highest BCUT2D eigenvalue weighted by molar-refractivity contribution is 5.97. The third-order valence-corrected chi connectivity index (χ3v) is 3.23. The molecule has 106 valence electrons. The third-order valence-electron chi connectivity index (χ3n) is 3.23. The molecule has 0 saturated carbocycles. The second-order valence-corrected chi connectivity index (χ2v) is 4.68. The Kier molecular flexibility index (Phi) is 4.34. The van der Waals surface area contributed by atoms with Crippen LogP contribution in [0.25, 0.3) is 6.08 Å². The van der Waals surface area contributed by atoms with Gasteiger partial charge in [-0.2, -0.15) is 0 Å². The van der Waals surface area contributed by atoms with Gasteiger partial charge in [0.1, 0.15) is 5.70 Å². The van der Waals surface area contributed by atoms with E-state index in [0.717, 1.165) is 11.1 Å². The van der Waals surface area contributed by atoms with Gasteiger partial charge < -0.3 is 15.5 Å². The molecule has 2 rings (SSSR count). The molecule has 2 N–H and O–H groups in total. The molecule has 0 fully saturated rings. The van der Waals surface area contributed by atoms with Crippen molar-refractivity contribution in [3.05, 3.63) is 35.3 Å². The monoisotopic (exact) mass is 274 g/mol. The lowest BCUT2D eigenvalue weighted by molar-refractivity contribution is -0.128. The minimum atomic E-state index is -0.163. The number of pyridine rings is 1. The van der Waals surface area contributed by atoms with Crippen molar-refractivity contribution in [3.63, 3.8) is 0 Å². The summed E-state index contributed by atoms with van der Waals surface area (Å²) in [5.74, 6) is -0.180. The Hall–Kier alpha value is -2.37. The Morgan fingerprint density at radius 1 is 1.50 bits per heavy atom. The molecule has 2 heterocycles. The largest absolute Gasteiger partial charge is 0.376 e. The molecule has 6 heteroatoms. The van der Waals surface area contributed by atoms with E-state index in [9.17, 15) is 9.59 Å². The number of fused-ring (bicyclic) bond motifs is 1. The number of aromatic nitrogens is 1. The fourth-order valence-corrected chi connectivity index (χ4v) is 1.86. The van der Waals surface area contributed by atoms with Crippen LogP contribution >= 0.6 is 0 Å². The molecule has 0 aliphatic carbocycles. The topological polar surface area (TPSA) is 74.3 Å². The summed E-state index contributed by atoms with van der Waals surface area (Å²) in [5, 5.41) is 5.85. The van der Waals surface area contributed by atoms with E-state index < -0.39 is 0 Å². The van der Waals surface area contributed by atoms with Crippen molar-refractivity contribution in [1.29, 1.82) is 0 Å². The predicted octanol–water partition coefficient (Wildman–Crippen LogP) is 0.120. The maximum atomic E-state index is 12.0. The van der Waals surface area contributed by atoms with Crippen LogP contribution < -0.4 is 10.6 Å². The average molecular weight is 274 g/mol. The number of likely N-dealkylation sites (N-methyl/N-ethyl adjacent to an activating group) is 1. The molecular weight excluding hydrogens is 256 g/mol. The maximum absolute atomic E-state index is 12.0. The molecule has 1 aliphatic rings. The number of nitrogens with one attached hydrogen (secondary N) is 2. The second kappa shape index (κ2) is 6.18. The van der Waals surface area contributed by atoms with Crippen molar-refractivity contribution in [2.24, 2.45) is 0 Å². The Morgan fingerprint density at radius 3 is 3.05 bits per heavy atom. The van der Waals surface area contributed by atoms with E-state index in [0.29, 0.717) is 25.3 Å². The molecule has 1 aromatic heterocycles. The van der Waals surface area contributed by atoms with Gasteiger partial charge in [0.2, 0.25) is 5.91 Å². The lowest BCUT2D eigenvalue weighted by atomic mass is 10.1. The number of hydrogen-bond donors (Lipinski definition) is 2. The molecule has 1 aliphatic heterocycles. The molecule has 6 nitrogen and oxygen atoms in total. The summed E-state index contributed by atoms with van der Waals surface area (Å²) in [7, 11) is 1.70. The summed E-state index contributed by atoms with van der Waals surface area (Å²) < 4.78 is 0. The van der Waals surface area contributed by atoms with Gasteiger partial charge in [-0.1, -0.05) is 0 Å². The SMILES string of the molecule is CC(=O)N(C)CCNC(=O)C1=Cc2ccncc2CN1. The van der Waals surface area contributed by atoms with Gasteiger partial charge in [-0.15, -0.1) is 0 Å². The normalized spacial score (nSPS) is 12.8. The van der Waals surface area contributed by atoms with Gasteiger partial charge in [0.15, 0.2) is 0 Å². The number of carbonyl (C=O) groups excluding carboxylic acids is 2. The first-order chi connectivity index (χ1) is 9.58. The minimum Gasteiger partial charge on any atom is -0.376 e. The third kappa shape index (κ3) is 3.34. The molecule has 0 radical (unpaired) electrons. The zero-order valence-electron chi connectivity index (χ0n) is 11.6. The van der Waals surface area contributed by atoms with E-state index in [4.69, 9.17) is 0 Å². The van der Waals surface area contributed by atoms with Gasteiger partial charge in [0, 0.05) is 46.0 Å². The molecule has 0 aromatic carbocycles. The minimum absolute atomic E-state index is 0.0179. The molecule has 0 unspecified atom stereocenters. The van der Waals surface area contributed by atoms with Gasteiger partial charge in [-0.25, -0.2) is 0 Å². The average Bonchev–Trinajstić information content (AvgIpc) is 2.46. The number of rotatable bonds is 4. The first-order valence-electron chi connectivity index (χ1n) is 6.46. The summed E-state index contributed by atoms with van der Waals surface area (Å²) in [6.07, 6.45) is 5.30. The van der Waals surface area contributed by atoms with Crippen LogP contribution in [0.1, 0.15) is 18.1 Å². The Bertz CT molecular complexity index is 554. The van der Waals surface area contributed by atoms with Crippen LogP contribution in [-0.4, -0.2) is 41.8 Å². The Balaban J connectivity index is 1.91. The number of hydrogen-bond acceptors (Lipinski definition) is 4. The van der Waals surface area contributed by atoms with Crippen LogP contribution in [-0.2, 0) is 16.1 Å². The summed E-state index contributed by atoms with van der Waals surface area (Å²) in [4.78, 5) is 28.6. The van der Waals surface area contributed by atoms with Crippen molar-refractivity contribution in [3.8, 4) is 0 Å². The molecule has 20 heavy (non-hydrogen) atoms. The highest BCUT2D eigenvalue weighted by atomic mass is 16.2. The van der Waals surface area contributed by atoms with E-state index >= 15 is 0 Å². The molecule has 0 bridgehead atoms. The first-order valence-corrected chi connectivity index (χ1v) is 6.46. The quantitative estimate of drug-likeness (QED) is 0.818. The summed E-state index contributed by atoms with van der Waals surface area (Å²) in [6, 6.07) is 1.88. The van der Waals surface area contributed by atoms with E-state index in [1.165, 1.54) is 6.92 Å². The predicted molar refractivity (Wildman–Crippen MR) is 75.4 cm³/mol. The van der Waals surface area contributed by atoms with Gasteiger partial charge >= 0.3 is 0 Å². The second-order valence-electron chi connectivity index (χ2n) is 4.68. The standard InChI is InChI=1S/C14H18N4O2/c1-10(19)18(2)6-5-16-14(20)13-7-11-3-4-15-8-12(11)9-17-13/h3-4,7-8,17H,5-6,9H2,1-2H3,(H,16,20). The van der Waals surface area contributed by atoms with Crippen LogP contribution in [0.2, 0.25) is 0 Å². The van der Waals surface area contributed by atoms with Gasteiger partial charge in [-0.05, 0) is 23.3 Å². The molecular formula is C14H18N4O2. The lowest BCUT2D eigenvalue weighted by Crippen LogP contribution is -2.38. The van der Waals surface area contributed by atoms with Gasteiger partial charge in [0.05, 0.1) is 0 Å². The summed E-state index contributed by atoms with van der Waals surface area (Å²) in [5.41, 5.74) is 2.61. The van der Waals surface area contributed by atoms with Gasteiger partial charge in [0.25, 0.3) is 5.91 Å². The number of nitrogens with zero attached hydrogens (tertiary/aromatic N) is 2. The highest BCUT2D eigenvalue weighted by Gasteiger charge is 2.15. The number of amides is 2. The number of carbonyl (C=O) groups is 2. The van der Waals surface area contributed by atoms with Crippen molar-refractivity contribution >= 4 is 17.9 Å². The molecule has 0 spiro atoms. The van der Waals surface area contributed by atoms with Crippen LogP contribution in [0.3, 0.4) is 0 Å². The smallest absolute Gasteiger partial charge is 0.267 e. The first kappa shape index (κ1) is 14.0. The summed E-state index contributed by atoms with van der Waals surface area (Å²) >= 11 is 0. The van der Waals surface area contributed by atoms with Crippen LogP contribution in [0.5, 0.6) is 0 Å². The van der Waals surface area contributed by atoms with Crippen LogP contribution in [0, 0.1) is 0 Å². The fourth-order valence-electron chi connectivity index (χ4n) is 1.86. The lowest BCUT2D eigenvalue weighted by Gasteiger charge is -2.19. The van der Waals surface area contributed by atoms with Crippen molar-refractivity contribution in [2.75, 3.05) is 20.1 Å². The zero-order chi connectivity index (χ0) is 14.5. The Labute approximate surface area is 117 Å². The molecule has 0 atom stereocenters. The van der Waals surface area contributed by atoms with E-state index in [2.05, 4.69) is 15.6 Å². The molecule has 0 saturated heterocycles. The van der Waals surface area contributed by atoms with E-state index in [1.807, 2.05) is 12.1 Å². The zero-order valence-corrected chi connectivity index (χ0v) is 11.6. The van der Waals surface area contributed by atoms with Crippen molar-refractivity contribution in [1.82, 2.24) is 20.5 Å².